The molecule has 29 heavy (non-hydrogen) atoms. The van der Waals surface area contributed by atoms with Gasteiger partial charge in [0.25, 0.3) is 0 Å². The number of nitrogens with zero attached hydrogens (tertiary/aromatic N) is 3. The number of amides is 1. The summed E-state index contributed by atoms with van der Waals surface area (Å²) in [6.45, 7) is 4.32. The fourth-order valence-corrected chi connectivity index (χ4v) is 3.41. The number of thioether (sulfide) groups is 1. The van der Waals surface area contributed by atoms with Gasteiger partial charge in [-0.25, -0.2) is 4.79 Å². The molecule has 7 nitrogen and oxygen atoms in total. The van der Waals surface area contributed by atoms with Gasteiger partial charge in [0.15, 0.2) is 11.0 Å². The molecule has 3 rings (SSSR count). The number of hydrogen-bond donors (Lipinski definition) is 1. The van der Waals surface area contributed by atoms with Crippen molar-refractivity contribution in [3.63, 3.8) is 0 Å². The van der Waals surface area contributed by atoms with Crippen molar-refractivity contribution in [1.82, 2.24) is 14.8 Å². The van der Waals surface area contributed by atoms with Crippen LogP contribution in [0.3, 0.4) is 0 Å². The standard InChI is InChI=1S/C21H20N4O3S/c1-3-12-25-19(15-8-5-4-6-9-15)23-24-21(25)29-14-18(26)22-17-11-7-10-16(13-17)20(27)28-2/h3-11,13H,1,12,14H2,2H3,(H,22,26). The average molecular weight is 408 g/mol. The number of carbonyl (C=O) groups is 2. The minimum atomic E-state index is -0.457. The van der Waals surface area contributed by atoms with Crippen molar-refractivity contribution in [1.29, 1.82) is 0 Å². The van der Waals surface area contributed by atoms with E-state index in [2.05, 4.69) is 22.1 Å². The van der Waals surface area contributed by atoms with Crippen LogP contribution in [0.25, 0.3) is 11.4 Å². The normalized spacial score (nSPS) is 10.4. The van der Waals surface area contributed by atoms with Crippen molar-refractivity contribution in [2.45, 2.75) is 11.7 Å². The Hall–Kier alpha value is -3.39. The number of methoxy groups -OCH3 is 1. The quantitative estimate of drug-likeness (QED) is 0.348. The molecule has 0 unspecified atom stereocenters. The highest BCUT2D eigenvalue weighted by atomic mass is 32.2. The third-order valence-corrected chi connectivity index (χ3v) is 4.93. The monoisotopic (exact) mass is 408 g/mol. The molecule has 3 aromatic rings. The van der Waals surface area contributed by atoms with E-state index in [-0.39, 0.29) is 11.7 Å². The van der Waals surface area contributed by atoms with Gasteiger partial charge in [0, 0.05) is 17.8 Å². The summed E-state index contributed by atoms with van der Waals surface area (Å²) in [6.07, 6.45) is 1.76. The molecular formula is C21H20N4O3S. The molecule has 0 aliphatic rings. The molecule has 2 aromatic carbocycles. The molecular weight excluding hydrogens is 388 g/mol. The summed E-state index contributed by atoms with van der Waals surface area (Å²) in [5.74, 6) is 0.194. The zero-order chi connectivity index (χ0) is 20.6. The molecule has 0 spiro atoms. The number of anilines is 1. The van der Waals surface area contributed by atoms with E-state index in [4.69, 9.17) is 4.74 Å². The minimum Gasteiger partial charge on any atom is -0.465 e. The third-order valence-electron chi connectivity index (χ3n) is 3.96. The topological polar surface area (TPSA) is 86.1 Å². The van der Waals surface area contributed by atoms with Crippen molar-refractivity contribution in [2.75, 3.05) is 18.2 Å². The number of nitrogens with one attached hydrogen (secondary N) is 1. The number of aromatic nitrogens is 3. The first kappa shape index (κ1) is 20.3. The van der Waals surface area contributed by atoms with E-state index in [1.54, 1.807) is 30.3 Å². The number of benzene rings is 2. The highest BCUT2D eigenvalue weighted by Gasteiger charge is 2.15. The fourth-order valence-electron chi connectivity index (χ4n) is 2.66. The number of rotatable bonds is 8. The van der Waals surface area contributed by atoms with Crippen LogP contribution < -0.4 is 5.32 Å². The SMILES string of the molecule is C=CCn1c(SCC(=O)Nc2cccc(C(=O)OC)c2)nnc1-c1ccccc1. The van der Waals surface area contributed by atoms with Gasteiger partial charge in [0.1, 0.15) is 0 Å². The second-order valence-electron chi connectivity index (χ2n) is 5.98. The van der Waals surface area contributed by atoms with Crippen LogP contribution >= 0.6 is 11.8 Å². The Bertz CT molecular complexity index is 1020. The summed E-state index contributed by atoms with van der Waals surface area (Å²) in [7, 11) is 1.31. The first-order valence-corrected chi connectivity index (χ1v) is 9.81. The predicted octanol–water partition coefficient (Wildman–Crippen LogP) is 3.65. The molecule has 148 valence electrons. The Morgan fingerprint density at radius 1 is 1.17 bits per heavy atom. The molecule has 1 amide bonds. The molecule has 0 aliphatic carbocycles. The Morgan fingerprint density at radius 2 is 1.97 bits per heavy atom. The van der Waals surface area contributed by atoms with Gasteiger partial charge in [0.2, 0.25) is 5.91 Å². The number of hydrogen-bond acceptors (Lipinski definition) is 6. The molecule has 0 aliphatic heterocycles. The smallest absolute Gasteiger partial charge is 0.337 e. The van der Waals surface area contributed by atoms with Crippen molar-refractivity contribution in [2.24, 2.45) is 0 Å². The van der Waals surface area contributed by atoms with Gasteiger partial charge in [-0.3, -0.25) is 9.36 Å². The van der Waals surface area contributed by atoms with E-state index in [1.165, 1.54) is 18.9 Å². The predicted molar refractivity (Wildman–Crippen MR) is 113 cm³/mol. The maximum atomic E-state index is 12.4. The lowest BCUT2D eigenvalue weighted by molar-refractivity contribution is -0.113. The summed E-state index contributed by atoms with van der Waals surface area (Å²) < 4.78 is 6.61. The second-order valence-corrected chi connectivity index (χ2v) is 6.92. The van der Waals surface area contributed by atoms with E-state index in [9.17, 15) is 9.59 Å². The Labute approximate surface area is 172 Å². The maximum absolute atomic E-state index is 12.4. The second kappa shape index (κ2) is 9.70. The average Bonchev–Trinajstić information content (AvgIpc) is 3.15. The first-order valence-electron chi connectivity index (χ1n) is 8.83. The largest absolute Gasteiger partial charge is 0.465 e. The molecule has 0 atom stereocenters. The lowest BCUT2D eigenvalue weighted by Crippen LogP contribution is -2.15. The minimum absolute atomic E-state index is 0.145. The first-order chi connectivity index (χ1) is 14.1. The summed E-state index contributed by atoms with van der Waals surface area (Å²) in [6, 6.07) is 16.3. The van der Waals surface area contributed by atoms with Gasteiger partial charge in [-0.05, 0) is 18.2 Å². The van der Waals surface area contributed by atoms with Crippen molar-refractivity contribution < 1.29 is 14.3 Å². The molecule has 0 radical (unpaired) electrons. The lowest BCUT2D eigenvalue weighted by atomic mass is 10.2. The fraction of sp³-hybridized carbons (Fsp3) is 0.143. The highest BCUT2D eigenvalue weighted by molar-refractivity contribution is 7.99. The van der Waals surface area contributed by atoms with Crippen molar-refractivity contribution >= 4 is 29.3 Å². The molecule has 0 fully saturated rings. The van der Waals surface area contributed by atoms with Crippen LogP contribution in [0.5, 0.6) is 0 Å². The van der Waals surface area contributed by atoms with Gasteiger partial charge in [-0.15, -0.1) is 16.8 Å². The summed E-state index contributed by atoms with van der Waals surface area (Å²) >= 11 is 1.28. The number of allylic oxidation sites excluding steroid dienone is 1. The maximum Gasteiger partial charge on any atom is 0.337 e. The van der Waals surface area contributed by atoms with Gasteiger partial charge >= 0.3 is 5.97 Å². The Kier molecular flexibility index (Phi) is 6.80. The molecule has 0 bridgehead atoms. The Morgan fingerprint density at radius 3 is 2.69 bits per heavy atom. The van der Waals surface area contributed by atoms with E-state index < -0.39 is 5.97 Å². The molecule has 1 N–H and O–H groups in total. The van der Waals surface area contributed by atoms with E-state index in [0.29, 0.717) is 23.0 Å². The molecule has 0 saturated heterocycles. The van der Waals surface area contributed by atoms with E-state index in [1.807, 2.05) is 34.9 Å². The molecule has 0 saturated carbocycles. The molecule has 8 heteroatoms. The van der Waals surface area contributed by atoms with Crippen LogP contribution in [0, 0.1) is 0 Å². The molecule has 1 aromatic heterocycles. The van der Waals surface area contributed by atoms with Crippen LogP contribution in [0.2, 0.25) is 0 Å². The van der Waals surface area contributed by atoms with Gasteiger partial charge in [0.05, 0.1) is 18.4 Å². The zero-order valence-corrected chi connectivity index (χ0v) is 16.7. The van der Waals surface area contributed by atoms with E-state index in [0.717, 1.165) is 11.4 Å². The van der Waals surface area contributed by atoms with Crippen LogP contribution in [0.1, 0.15) is 10.4 Å². The Balaban J connectivity index is 1.68. The molecule has 1 heterocycles. The summed E-state index contributed by atoms with van der Waals surface area (Å²) in [5, 5.41) is 11.9. The summed E-state index contributed by atoms with van der Waals surface area (Å²) in [4.78, 5) is 24.0. The van der Waals surface area contributed by atoms with Gasteiger partial charge < -0.3 is 10.1 Å². The van der Waals surface area contributed by atoms with Crippen LogP contribution in [-0.4, -0.2) is 39.5 Å². The van der Waals surface area contributed by atoms with Crippen molar-refractivity contribution in [3.8, 4) is 11.4 Å². The zero-order valence-electron chi connectivity index (χ0n) is 15.9. The third kappa shape index (κ3) is 5.11. The number of ether oxygens (including phenoxy) is 1. The summed E-state index contributed by atoms with van der Waals surface area (Å²) in [5.41, 5.74) is 1.84. The number of esters is 1. The van der Waals surface area contributed by atoms with E-state index >= 15 is 0 Å². The van der Waals surface area contributed by atoms with Crippen LogP contribution in [0.15, 0.2) is 72.4 Å². The number of carbonyl (C=O) groups excluding carboxylic acids is 2. The van der Waals surface area contributed by atoms with Gasteiger partial charge in [-0.2, -0.15) is 0 Å². The van der Waals surface area contributed by atoms with Crippen LogP contribution in [0.4, 0.5) is 5.69 Å². The highest BCUT2D eigenvalue weighted by Crippen LogP contribution is 2.24. The van der Waals surface area contributed by atoms with Gasteiger partial charge in [-0.1, -0.05) is 54.2 Å². The van der Waals surface area contributed by atoms with Crippen molar-refractivity contribution in [3.05, 3.63) is 72.8 Å². The van der Waals surface area contributed by atoms with Crippen LogP contribution in [-0.2, 0) is 16.1 Å². The lowest BCUT2D eigenvalue weighted by Gasteiger charge is -2.08.